The summed E-state index contributed by atoms with van der Waals surface area (Å²) in [5.41, 5.74) is 0.981. The van der Waals surface area contributed by atoms with Crippen LogP contribution in [-0.2, 0) is 25.6 Å². The summed E-state index contributed by atoms with van der Waals surface area (Å²) in [6.45, 7) is 0.171. The molecule has 2 aliphatic rings. The topological polar surface area (TPSA) is 127 Å². The van der Waals surface area contributed by atoms with Gasteiger partial charge in [-0.1, -0.05) is 30.3 Å². The van der Waals surface area contributed by atoms with Gasteiger partial charge in [0, 0.05) is 19.4 Å². The Morgan fingerprint density at radius 1 is 1.14 bits per heavy atom. The van der Waals surface area contributed by atoms with Crippen molar-refractivity contribution in [1.82, 2.24) is 15.3 Å². The van der Waals surface area contributed by atoms with E-state index < -0.39 is 36.0 Å². The van der Waals surface area contributed by atoms with Crippen LogP contribution in [0.15, 0.2) is 30.3 Å². The first kappa shape index (κ1) is 19.8. The lowest BCUT2D eigenvalue weighted by Gasteiger charge is -2.31. The molecule has 3 N–H and O–H groups in total. The first-order valence-corrected chi connectivity index (χ1v) is 9.27. The Bertz CT molecular complexity index is 768. The number of fused-ring (bicyclic) bond motifs is 1. The zero-order valence-corrected chi connectivity index (χ0v) is 15.3. The molecule has 0 spiro atoms. The Kier molecular flexibility index (Phi) is 5.93. The van der Waals surface area contributed by atoms with Gasteiger partial charge in [0.1, 0.15) is 6.04 Å². The number of amides is 2. The van der Waals surface area contributed by atoms with Crippen molar-refractivity contribution in [2.45, 2.75) is 50.2 Å². The molecule has 9 nitrogen and oxygen atoms in total. The number of rotatable bonds is 7. The fourth-order valence-electron chi connectivity index (χ4n) is 3.70. The van der Waals surface area contributed by atoms with E-state index in [4.69, 9.17) is 0 Å². The average molecular weight is 389 g/mol. The maximum atomic E-state index is 12.9. The number of hydrogen-bond donors (Lipinski definition) is 3. The summed E-state index contributed by atoms with van der Waals surface area (Å²) in [7, 11) is 0. The molecular formula is C19H23N3O6. The lowest BCUT2D eigenvalue weighted by atomic mass is 10.0. The minimum Gasteiger partial charge on any atom is -0.480 e. The van der Waals surface area contributed by atoms with Crippen LogP contribution in [0.5, 0.6) is 0 Å². The second-order valence-corrected chi connectivity index (χ2v) is 7.02. The summed E-state index contributed by atoms with van der Waals surface area (Å²) in [6, 6.07) is 6.39. The molecular weight excluding hydrogens is 366 g/mol. The van der Waals surface area contributed by atoms with Gasteiger partial charge in [-0.3, -0.25) is 24.7 Å². The number of carboxylic acid groups (broad SMARTS) is 2. The molecule has 2 unspecified atom stereocenters. The van der Waals surface area contributed by atoms with Crippen molar-refractivity contribution in [1.29, 1.82) is 0 Å². The van der Waals surface area contributed by atoms with Gasteiger partial charge in [0.15, 0.2) is 6.04 Å². The van der Waals surface area contributed by atoms with Crippen molar-refractivity contribution in [2.24, 2.45) is 0 Å². The molecule has 2 aliphatic heterocycles. The van der Waals surface area contributed by atoms with Crippen LogP contribution >= 0.6 is 0 Å². The van der Waals surface area contributed by atoms with E-state index in [1.165, 1.54) is 5.01 Å². The van der Waals surface area contributed by atoms with Gasteiger partial charge < -0.3 is 10.2 Å². The summed E-state index contributed by atoms with van der Waals surface area (Å²) < 4.78 is 0. The van der Waals surface area contributed by atoms with Crippen LogP contribution in [0.1, 0.15) is 31.2 Å². The van der Waals surface area contributed by atoms with Crippen LogP contribution in [0.25, 0.3) is 0 Å². The molecule has 0 aliphatic carbocycles. The van der Waals surface area contributed by atoms with Crippen molar-refractivity contribution in [3.05, 3.63) is 35.9 Å². The molecule has 3 rings (SSSR count). The number of benzene rings is 1. The van der Waals surface area contributed by atoms with Crippen molar-refractivity contribution < 1.29 is 29.4 Å². The number of nitrogens with one attached hydrogen (secondary N) is 1. The highest BCUT2D eigenvalue weighted by atomic mass is 16.4. The molecule has 0 radical (unpaired) electrons. The normalized spacial score (nSPS) is 23.3. The molecule has 1 aromatic carbocycles. The highest BCUT2D eigenvalue weighted by Gasteiger charge is 2.46. The van der Waals surface area contributed by atoms with E-state index >= 15 is 0 Å². The SMILES string of the molecule is O=C(O)C(CCc1ccccc1)N[C@H]1CCC(=O)N2CCC(C(=O)O)N2C1=O. The van der Waals surface area contributed by atoms with E-state index in [2.05, 4.69) is 5.32 Å². The third-order valence-electron chi connectivity index (χ3n) is 5.18. The molecule has 9 heteroatoms. The summed E-state index contributed by atoms with van der Waals surface area (Å²) in [5.74, 6) is -3.16. The van der Waals surface area contributed by atoms with Crippen molar-refractivity contribution in [2.75, 3.05) is 6.54 Å². The highest BCUT2D eigenvalue weighted by Crippen LogP contribution is 2.25. The molecule has 0 saturated carbocycles. The average Bonchev–Trinajstić information content (AvgIpc) is 3.08. The first-order chi connectivity index (χ1) is 13.4. The molecule has 2 amide bonds. The number of aryl methyl sites for hydroxylation is 1. The van der Waals surface area contributed by atoms with Gasteiger partial charge in [-0.15, -0.1) is 0 Å². The number of hydrogen-bond acceptors (Lipinski definition) is 5. The Morgan fingerprint density at radius 3 is 2.50 bits per heavy atom. The molecule has 28 heavy (non-hydrogen) atoms. The molecule has 3 atom stereocenters. The first-order valence-electron chi connectivity index (χ1n) is 9.27. The third kappa shape index (κ3) is 4.14. The Balaban J connectivity index is 1.73. The summed E-state index contributed by atoms with van der Waals surface area (Å²) in [6.07, 6.45) is 1.13. The Morgan fingerprint density at radius 2 is 1.86 bits per heavy atom. The van der Waals surface area contributed by atoms with Crippen LogP contribution in [0, 0.1) is 0 Å². The zero-order valence-electron chi connectivity index (χ0n) is 15.3. The number of aliphatic carboxylic acids is 2. The van der Waals surface area contributed by atoms with Crippen LogP contribution in [0.4, 0.5) is 0 Å². The molecule has 2 fully saturated rings. The van der Waals surface area contributed by atoms with Gasteiger partial charge >= 0.3 is 11.9 Å². The minimum atomic E-state index is -1.18. The number of hydrazine groups is 1. The van der Waals surface area contributed by atoms with Gasteiger partial charge in [0.25, 0.3) is 5.91 Å². The van der Waals surface area contributed by atoms with E-state index in [0.717, 1.165) is 10.6 Å². The Labute approximate surface area is 161 Å². The zero-order chi connectivity index (χ0) is 20.3. The van der Waals surface area contributed by atoms with Crippen molar-refractivity contribution >= 4 is 23.8 Å². The van der Waals surface area contributed by atoms with Gasteiger partial charge in [0.05, 0.1) is 6.04 Å². The van der Waals surface area contributed by atoms with Crippen LogP contribution in [0.2, 0.25) is 0 Å². The molecule has 1 aromatic rings. The lowest BCUT2D eigenvalue weighted by molar-refractivity contribution is -0.166. The molecule has 2 saturated heterocycles. The monoisotopic (exact) mass is 389 g/mol. The van der Waals surface area contributed by atoms with E-state index in [1.54, 1.807) is 0 Å². The lowest BCUT2D eigenvalue weighted by Crippen LogP contribution is -2.56. The van der Waals surface area contributed by atoms with E-state index in [0.29, 0.717) is 6.42 Å². The summed E-state index contributed by atoms with van der Waals surface area (Å²) in [5, 5.41) is 23.9. The number of carboxylic acids is 2. The molecule has 0 aromatic heterocycles. The molecule has 150 valence electrons. The quantitative estimate of drug-likeness (QED) is 0.610. The maximum Gasteiger partial charge on any atom is 0.328 e. The second kappa shape index (κ2) is 8.39. The van der Waals surface area contributed by atoms with E-state index in [1.807, 2.05) is 30.3 Å². The number of carbonyl (C=O) groups excluding carboxylic acids is 2. The number of nitrogens with zero attached hydrogens (tertiary/aromatic N) is 2. The predicted molar refractivity (Wildman–Crippen MR) is 96.9 cm³/mol. The van der Waals surface area contributed by atoms with Crippen LogP contribution in [-0.4, -0.2) is 68.7 Å². The fourth-order valence-corrected chi connectivity index (χ4v) is 3.70. The smallest absolute Gasteiger partial charge is 0.328 e. The number of carbonyl (C=O) groups is 4. The predicted octanol–water partition coefficient (Wildman–Crippen LogP) is 0.254. The Hall–Kier alpha value is -2.94. The third-order valence-corrected chi connectivity index (χ3v) is 5.18. The van der Waals surface area contributed by atoms with Crippen LogP contribution in [0.3, 0.4) is 0 Å². The minimum absolute atomic E-state index is 0.0528. The highest BCUT2D eigenvalue weighted by molar-refractivity contribution is 5.92. The summed E-state index contributed by atoms with van der Waals surface area (Å²) >= 11 is 0. The van der Waals surface area contributed by atoms with E-state index in [9.17, 15) is 29.4 Å². The molecule has 2 heterocycles. The van der Waals surface area contributed by atoms with E-state index in [-0.39, 0.29) is 38.1 Å². The standard InChI is InChI=1S/C19H23N3O6/c23-16-9-8-13(17(24)22-15(19(27)28)10-11-21(16)22)20-14(18(25)26)7-6-12-4-2-1-3-5-12/h1-5,13-15,20H,6-11H2,(H,25,26)(H,27,28)/t13-,14?,15?/m0/s1. The van der Waals surface area contributed by atoms with Crippen molar-refractivity contribution in [3.8, 4) is 0 Å². The van der Waals surface area contributed by atoms with Gasteiger partial charge in [-0.05, 0) is 24.8 Å². The molecule has 0 bridgehead atoms. The van der Waals surface area contributed by atoms with Crippen molar-refractivity contribution in [3.63, 3.8) is 0 Å². The van der Waals surface area contributed by atoms with Gasteiger partial charge in [0.2, 0.25) is 5.91 Å². The summed E-state index contributed by atoms with van der Waals surface area (Å²) in [4.78, 5) is 48.4. The largest absolute Gasteiger partial charge is 0.480 e. The maximum absolute atomic E-state index is 12.9. The van der Waals surface area contributed by atoms with Crippen LogP contribution < -0.4 is 5.32 Å². The second-order valence-electron chi connectivity index (χ2n) is 7.02. The van der Waals surface area contributed by atoms with Gasteiger partial charge in [-0.25, -0.2) is 9.80 Å². The fraction of sp³-hybridized carbons (Fsp3) is 0.474. The van der Waals surface area contributed by atoms with Gasteiger partial charge in [-0.2, -0.15) is 0 Å².